The molecule has 0 spiro atoms. The number of amides is 1. The second-order valence-electron chi connectivity index (χ2n) is 8.55. The van der Waals surface area contributed by atoms with Gasteiger partial charge in [-0.3, -0.25) is 14.6 Å². The normalized spacial score (nSPS) is 14.4. The molecule has 8 nitrogen and oxygen atoms in total. The molecule has 0 saturated carbocycles. The highest BCUT2D eigenvalue weighted by atomic mass is 16.5. The molecule has 8 heteroatoms. The van der Waals surface area contributed by atoms with Crippen LogP contribution in [0.3, 0.4) is 0 Å². The largest absolute Gasteiger partial charge is 0.492 e. The highest BCUT2D eigenvalue weighted by Gasteiger charge is 2.24. The molecule has 1 amide bonds. The topological polar surface area (TPSA) is 92.4 Å². The molecular weight excluding hydrogens is 428 g/mol. The monoisotopic (exact) mass is 454 g/mol. The number of nitrogens with one attached hydrogen (secondary N) is 1. The second-order valence-corrected chi connectivity index (χ2v) is 8.55. The Balaban J connectivity index is 1.44. The van der Waals surface area contributed by atoms with Crippen LogP contribution in [0.2, 0.25) is 0 Å². The first-order valence-corrected chi connectivity index (χ1v) is 11.6. The molecule has 3 N–H and O–H groups in total. The minimum absolute atomic E-state index is 0.424. The number of nitrogens with two attached hydrogens (primary N) is 1. The van der Waals surface area contributed by atoms with Crippen molar-refractivity contribution in [1.82, 2.24) is 14.9 Å². The van der Waals surface area contributed by atoms with Gasteiger partial charge < -0.3 is 20.4 Å². The predicted octanol–water partition coefficient (Wildman–Crippen LogP) is 3.63. The van der Waals surface area contributed by atoms with E-state index in [4.69, 9.17) is 10.5 Å². The summed E-state index contributed by atoms with van der Waals surface area (Å²) in [7, 11) is 0. The van der Waals surface area contributed by atoms with Gasteiger partial charge in [-0.1, -0.05) is 24.3 Å². The molecule has 2 aromatic heterocycles. The van der Waals surface area contributed by atoms with Crippen molar-refractivity contribution >= 4 is 44.3 Å². The molecule has 0 aliphatic carbocycles. The Morgan fingerprint density at radius 2 is 1.88 bits per heavy atom. The third kappa shape index (κ3) is 3.14. The zero-order chi connectivity index (χ0) is 23.2. The summed E-state index contributed by atoms with van der Waals surface area (Å²) in [6.45, 7) is 6.05. The molecule has 3 heterocycles. The number of rotatable bonds is 5. The minimum atomic E-state index is -0.424. The van der Waals surface area contributed by atoms with Gasteiger partial charge in [0.2, 0.25) is 5.91 Å². The lowest BCUT2D eigenvalue weighted by Crippen LogP contribution is -2.51. The van der Waals surface area contributed by atoms with E-state index in [2.05, 4.69) is 49.0 Å². The highest BCUT2D eigenvalue weighted by Crippen LogP contribution is 2.35. The Bertz CT molecular complexity index is 1530. The van der Waals surface area contributed by atoms with E-state index in [1.165, 1.54) is 0 Å². The molecular formula is C26H26N6O2. The van der Waals surface area contributed by atoms with E-state index in [0.717, 1.165) is 70.3 Å². The lowest BCUT2D eigenvalue weighted by Gasteiger charge is -2.39. The fraction of sp³-hybridized carbons (Fsp3) is 0.231. The molecule has 172 valence electrons. The predicted molar refractivity (Wildman–Crippen MR) is 135 cm³/mol. The summed E-state index contributed by atoms with van der Waals surface area (Å²) < 4.78 is 8.14. The van der Waals surface area contributed by atoms with Gasteiger partial charge in [0.05, 0.1) is 48.1 Å². The summed E-state index contributed by atoms with van der Waals surface area (Å²) in [5.41, 5.74) is 10.3. The zero-order valence-electron chi connectivity index (χ0n) is 19.0. The number of fused-ring (bicyclic) bond motifs is 5. The first kappa shape index (κ1) is 20.4. The van der Waals surface area contributed by atoms with Crippen molar-refractivity contribution in [2.75, 3.05) is 42.7 Å². The number of anilines is 1. The summed E-state index contributed by atoms with van der Waals surface area (Å²) in [5, 5.41) is 13.0. The molecule has 1 fully saturated rings. The molecule has 0 unspecified atom stereocenters. The van der Waals surface area contributed by atoms with E-state index in [-0.39, 0.29) is 0 Å². The number of nitrogens with zero attached hydrogens (tertiary/aromatic N) is 4. The smallest absolute Gasteiger partial charge is 0.248 e. The number of hydrogen-bond acceptors (Lipinski definition) is 5. The minimum Gasteiger partial charge on any atom is -0.492 e. The molecule has 34 heavy (non-hydrogen) atoms. The average molecular weight is 455 g/mol. The lowest BCUT2D eigenvalue weighted by molar-refractivity contribution is 0.100. The van der Waals surface area contributed by atoms with Gasteiger partial charge >= 0.3 is 0 Å². The van der Waals surface area contributed by atoms with E-state index in [1.807, 2.05) is 37.4 Å². The lowest BCUT2D eigenvalue weighted by atomic mass is 10.1. The van der Waals surface area contributed by atoms with E-state index in [0.29, 0.717) is 12.2 Å². The van der Waals surface area contributed by atoms with E-state index < -0.39 is 5.91 Å². The Kier molecular flexibility index (Phi) is 4.79. The van der Waals surface area contributed by atoms with Crippen LogP contribution in [0, 0.1) is 0 Å². The van der Waals surface area contributed by atoms with E-state index in [9.17, 15) is 4.79 Å². The fourth-order valence-corrected chi connectivity index (χ4v) is 5.07. The number of ether oxygens (including phenoxy) is 1. The van der Waals surface area contributed by atoms with Gasteiger partial charge in [-0.15, -0.1) is 0 Å². The quantitative estimate of drug-likeness (QED) is 0.423. The van der Waals surface area contributed by atoms with Gasteiger partial charge in [-0.25, -0.2) is 0 Å². The van der Waals surface area contributed by atoms with Crippen LogP contribution in [0.1, 0.15) is 17.3 Å². The SMILES string of the molecule is CCOc1ccccc1N1CCN(n2c3ccc(C(N)=O)cc3c3ccc4cn[nH]c4c32)CC1. The number of carbonyl (C=O) groups is 1. The molecule has 5 aromatic rings. The van der Waals surface area contributed by atoms with Crippen LogP contribution < -0.4 is 20.4 Å². The molecule has 1 aliphatic rings. The summed E-state index contributed by atoms with van der Waals surface area (Å²) >= 11 is 0. The van der Waals surface area contributed by atoms with Crippen LogP contribution in [0.5, 0.6) is 5.75 Å². The van der Waals surface area contributed by atoms with E-state index >= 15 is 0 Å². The van der Waals surface area contributed by atoms with Crippen LogP contribution in [0.15, 0.2) is 60.8 Å². The van der Waals surface area contributed by atoms with Crippen molar-refractivity contribution in [2.24, 2.45) is 5.73 Å². The Morgan fingerprint density at radius 1 is 1.06 bits per heavy atom. The summed E-state index contributed by atoms with van der Waals surface area (Å²) in [6.07, 6.45) is 1.84. The van der Waals surface area contributed by atoms with Gasteiger partial charge in [-0.05, 0) is 37.3 Å². The maximum absolute atomic E-state index is 11.9. The molecule has 0 bridgehead atoms. The average Bonchev–Trinajstić information content (AvgIpc) is 3.47. The number of aromatic amines is 1. The van der Waals surface area contributed by atoms with Gasteiger partial charge in [0.1, 0.15) is 5.75 Å². The van der Waals surface area contributed by atoms with Gasteiger partial charge in [-0.2, -0.15) is 5.10 Å². The van der Waals surface area contributed by atoms with Crippen molar-refractivity contribution in [3.63, 3.8) is 0 Å². The van der Waals surface area contributed by atoms with Gasteiger partial charge in [0.25, 0.3) is 0 Å². The first-order valence-electron chi connectivity index (χ1n) is 11.6. The standard InChI is InChI=1S/C26H26N6O2/c1-2-34-23-6-4-3-5-22(23)30-11-13-31(14-12-30)32-21-10-8-17(26(27)33)15-20(21)19-9-7-18-16-28-29-24(18)25(19)32/h3-10,15-16H,2,11-14H2,1H3,(H2,27,33)(H,28,29). The number of H-pyrrole nitrogens is 1. The second kappa shape index (κ2) is 7.98. The number of para-hydroxylation sites is 2. The molecule has 0 radical (unpaired) electrons. The van der Waals surface area contributed by atoms with Crippen LogP contribution in [0.25, 0.3) is 32.7 Å². The Morgan fingerprint density at radius 3 is 2.68 bits per heavy atom. The Hall–Kier alpha value is -4.20. The van der Waals surface area contributed by atoms with Crippen molar-refractivity contribution < 1.29 is 9.53 Å². The molecule has 1 saturated heterocycles. The van der Waals surface area contributed by atoms with Crippen molar-refractivity contribution in [3.05, 3.63) is 66.4 Å². The highest BCUT2D eigenvalue weighted by molar-refractivity contribution is 6.17. The molecule has 1 aliphatic heterocycles. The van der Waals surface area contributed by atoms with Crippen molar-refractivity contribution in [2.45, 2.75) is 6.92 Å². The number of piperazine rings is 1. The molecule has 6 rings (SSSR count). The van der Waals surface area contributed by atoms with Crippen LogP contribution >= 0.6 is 0 Å². The first-order chi connectivity index (χ1) is 16.7. The summed E-state index contributed by atoms with van der Waals surface area (Å²) in [6, 6.07) is 18.1. The van der Waals surface area contributed by atoms with Gasteiger partial charge in [0.15, 0.2) is 0 Å². The van der Waals surface area contributed by atoms with Crippen LogP contribution in [0.4, 0.5) is 5.69 Å². The number of benzene rings is 3. The number of hydrogen-bond donors (Lipinski definition) is 2. The summed E-state index contributed by atoms with van der Waals surface area (Å²) in [4.78, 5) is 14.3. The zero-order valence-corrected chi connectivity index (χ0v) is 19.0. The van der Waals surface area contributed by atoms with Crippen molar-refractivity contribution in [1.29, 1.82) is 0 Å². The number of carbonyl (C=O) groups excluding carboxylic acids is 1. The number of aromatic nitrogens is 3. The maximum atomic E-state index is 11.9. The Labute approximate surface area is 196 Å². The maximum Gasteiger partial charge on any atom is 0.248 e. The van der Waals surface area contributed by atoms with Crippen LogP contribution in [-0.2, 0) is 0 Å². The molecule has 3 aromatic carbocycles. The van der Waals surface area contributed by atoms with Crippen LogP contribution in [-0.4, -0.2) is 53.6 Å². The third-order valence-electron chi connectivity index (χ3n) is 6.65. The third-order valence-corrected chi connectivity index (χ3v) is 6.65. The molecule has 0 atom stereocenters. The van der Waals surface area contributed by atoms with Gasteiger partial charge in [0, 0.05) is 34.8 Å². The van der Waals surface area contributed by atoms with E-state index in [1.54, 1.807) is 6.07 Å². The number of primary amides is 1. The van der Waals surface area contributed by atoms with Crippen molar-refractivity contribution in [3.8, 4) is 5.75 Å². The summed E-state index contributed by atoms with van der Waals surface area (Å²) in [5.74, 6) is 0.500. The fourth-order valence-electron chi connectivity index (χ4n) is 5.07.